The maximum atomic E-state index is 12.3. The summed E-state index contributed by atoms with van der Waals surface area (Å²) >= 11 is 0. The van der Waals surface area contributed by atoms with Crippen molar-refractivity contribution in [3.63, 3.8) is 0 Å². The Kier molecular flexibility index (Phi) is 5.28. The number of H-pyrrole nitrogens is 1. The third-order valence-electron chi connectivity index (χ3n) is 4.53. The number of ether oxygens (including phenoxy) is 1. The van der Waals surface area contributed by atoms with Crippen LogP contribution in [0.5, 0.6) is 5.75 Å². The molecular weight excluding hydrogens is 356 g/mol. The molecule has 0 bridgehead atoms. The number of methoxy groups -OCH3 is 1. The average molecular weight is 378 g/mol. The lowest BCUT2D eigenvalue weighted by Gasteiger charge is -2.10. The summed E-state index contributed by atoms with van der Waals surface area (Å²) in [5, 5.41) is 9.85. The van der Waals surface area contributed by atoms with E-state index in [-0.39, 0.29) is 22.6 Å². The van der Waals surface area contributed by atoms with Gasteiger partial charge in [-0.1, -0.05) is 12.8 Å². The van der Waals surface area contributed by atoms with Gasteiger partial charge in [-0.15, -0.1) is 0 Å². The van der Waals surface area contributed by atoms with Gasteiger partial charge in [-0.25, -0.2) is 13.1 Å². The highest BCUT2D eigenvalue weighted by molar-refractivity contribution is 7.89. The van der Waals surface area contributed by atoms with Crippen molar-refractivity contribution in [1.82, 2.24) is 20.2 Å². The molecule has 1 aliphatic carbocycles. The largest absolute Gasteiger partial charge is 0.495 e. The lowest BCUT2D eigenvalue weighted by Crippen LogP contribution is -2.32. The Balaban J connectivity index is 1.87. The fourth-order valence-electron chi connectivity index (χ4n) is 3.08. The molecule has 1 fully saturated rings. The van der Waals surface area contributed by atoms with Gasteiger partial charge in [-0.2, -0.15) is 5.10 Å². The van der Waals surface area contributed by atoms with E-state index in [1.54, 1.807) is 18.2 Å². The molecule has 0 saturated heterocycles. The summed E-state index contributed by atoms with van der Waals surface area (Å²) in [5.74, 6) is 0.0325. The zero-order chi connectivity index (χ0) is 18.7. The number of benzene rings is 1. The van der Waals surface area contributed by atoms with Crippen LogP contribution in [0.15, 0.2) is 29.2 Å². The van der Waals surface area contributed by atoms with Crippen molar-refractivity contribution < 1.29 is 17.9 Å². The van der Waals surface area contributed by atoms with Crippen LogP contribution in [-0.2, 0) is 10.0 Å². The van der Waals surface area contributed by atoms with Crippen molar-refractivity contribution >= 4 is 15.9 Å². The lowest BCUT2D eigenvalue weighted by molar-refractivity contribution is 0.0933. The third kappa shape index (κ3) is 3.73. The van der Waals surface area contributed by atoms with Crippen LogP contribution in [0.2, 0.25) is 0 Å². The lowest BCUT2D eigenvalue weighted by atomic mass is 10.1. The van der Waals surface area contributed by atoms with Crippen molar-refractivity contribution in [2.45, 2.75) is 36.6 Å². The Bertz CT molecular complexity index is 901. The predicted molar refractivity (Wildman–Crippen MR) is 96.5 cm³/mol. The molecule has 0 atom stereocenters. The summed E-state index contributed by atoms with van der Waals surface area (Å²) in [6, 6.07) is 6.55. The zero-order valence-electron chi connectivity index (χ0n) is 14.7. The number of aromatic amines is 1. The van der Waals surface area contributed by atoms with Gasteiger partial charge in [0.1, 0.15) is 16.3 Å². The van der Waals surface area contributed by atoms with Gasteiger partial charge in [0, 0.05) is 11.6 Å². The van der Waals surface area contributed by atoms with Gasteiger partial charge in [0.15, 0.2) is 0 Å². The average Bonchev–Trinajstić information content (AvgIpc) is 3.33. The van der Waals surface area contributed by atoms with Crippen LogP contribution < -0.4 is 14.8 Å². The minimum Gasteiger partial charge on any atom is -0.495 e. The first-order chi connectivity index (χ1) is 12.4. The van der Waals surface area contributed by atoms with Crippen LogP contribution in [0.3, 0.4) is 0 Å². The molecule has 1 heterocycles. The summed E-state index contributed by atoms with van der Waals surface area (Å²) in [6.07, 6.45) is 4.26. The van der Waals surface area contributed by atoms with Crippen LogP contribution >= 0.6 is 0 Å². The number of hydrogen-bond donors (Lipinski definition) is 3. The smallest absolute Gasteiger partial charge is 0.269 e. The van der Waals surface area contributed by atoms with Crippen LogP contribution in [0.1, 0.15) is 36.2 Å². The molecule has 0 unspecified atom stereocenters. The Hall–Kier alpha value is -2.39. The maximum absolute atomic E-state index is 12.3. The highest BCUT2D eigenvalue weighted by Crippen LogP contribution is 2.29. The molecule has 140 valence electrons. The molecule has 1 aliphatic rings. The first-order valence-electron chi connectivity index (χ1n) is 8.43. The van der Waals surface area contributed by atoms with Crippen LogP contribution in [0.4, 0.5) is 0 Å². The third-order valence-corrected chi connectivity index (χ3v) is 5.97. The van der Waals surface area contributed by atoms with Gasteiger partial charge in [0.2, 0.25) is 10.0 Å². The van der Waals surface area contributed by atoms with E-state index in [0.717, 1.165) is 25.7 Å². The van der Waals surface area contributed by atoms with Gasteiger partial charge in [-0.3, -0.25) is 9.89 Å². The molecule has 3 N–H and O–H groups in total. The topological polar surface area (TPSA) is 113 Å². The maximum Gasteiger partial charge on any atom is 0.269 e. The fourth-order valence-corrected chi connectivity index (χ4v) is 3.99. The number of sulfonamides is 1. The molecule has 1 aromatic heterocycles. The van der Waals surface area contributed by atoms with Gasteiger partial charge >= 0.3 is 0 Å². The van der Waals surface area contributed by atoms with E-state index in [4.69, 9.17) is 4.74 Å². The van der Waals surface area contributed by atoms with Gasteiger partial charge in [-0.05, 0) is 44.2 Å². The Morgan fingerprint density at radius 2 is 2.00 bits per heavy atom. The van der Waals surface area contributed by atoms with Crippen molar-refractivity contribution in [1.29, 1.82) is 0 Å². The van der Waals surface area contributed by atoms with Gasteiger partial charge in [0.05, 0.1) is 12.8 Å². The fraction of sp³-hybridized carbons (Fsp3) is 0.412. The number of nitrogens with one attached hydrogen (secondary N) is 3. The van der Waals surface area contributed by atoms with E-state index in [2.05, 4.69) is 20.2 Å². The standard InChI is InChI=1S/C17H22N4O4S/c1-18-26(23,24)16-9-11(7-8-15(16)25-2)13-10-14(21-20-13)17(22)19-12-5-3-4-6-12/h7-10,12,18H,3-6H2,1-2H3,(H,19,22)(H,20,21). The molecule has 2 aromatic rings. The summed E-state index contributed by atoms with van der Waals surface area (Å²) in [4.78, 5) is 12.3. The summed E-state index contributed by atoms with van der Waals surface area (Å²) in [7, 11) is -0.948. The second kappa shape index (κ2) is 7.46. The van der Waals surface area contributed by atoms with Gasteiger partial charge < -0.3 is 10.1 Å². The SMILES string of the molecule is CNS(=O)(=O)c1cc(-c2cc(C(=O)NC3CCCC3)[nH]n2)ccc1OC. The van der Waals surface area contributed by atoms with E-state index < -0.39 is 10.0 Å². The van der Waals surface area contributed by atoms with E-state index in [1.165, 1.54) is 20.2 Å². The number of hydrogen-bond acceptors (Lipinski definition) is 5. The molecule has 8 nitrogen and oxygen atoms in total. The second-order valence-electron chi connectivity index (χ2n) is 6.19. The minimum absolute atomic E-state index is 0.0138. The quantitative estimate of drug-likeness (QED) is 0.708. The van der Waals surface area contributed by atoms with E-state index in [9.17, 15) is 13.2 Å². The minimum atomic E-state index is -3.69. The van der Waals surface area contributed by atoms with Crippen LogP contribution in [0, 0.1) is 0 Å². The molecule has 0 spiro atoms. The summed E-state index contributed by atoms with van der Waals surface area (Å²) in [6.45, 7) is 0. The zero-order valence-corrected chi connectivity index (χ0v) is 15.5. The second-order valence-corrected chi connectivity index (χ2v) is 8.05. The van der Waals surface area contributed by atoms with Crippen molar-refractivity contribution in [2.75, 3.05) is 14.2 Å². The number of carbonyl (C=O) groups is 1. The molecule has 3 rings (SSSR count). The molecule has 0 radical (unpaired) electrons. The summed E-state index contributed by atoms with van der Waals surface area (Å²) in [5.41, 5.74) is 1.40. The molecule has 0 aliphatic heterocycles. The number of nitrogens with zero attached hydrogens (tertiary/aromatic N) is 1. The first-order valence-corrected chi connectivity index (χ1v) is 9.91. The molecule has 1 saturated carbocycles. The highest BCUT2D eigenvalue weighted by atomic mass is 32.2. The highest BCUT2D eigenvalue weighted by Gasteiger charge is 2.21. The Labute approximate surface area is 152 Å². The van der Waals surface area contributed by atoms with Crippen molar-refractivity contribution in [2.24, 2.45) is 0 Å². The van der Waals surface area contributed by atoms with E-state index in [1.807, 2.05) is 0 Å². The van der Waals surface area contributed by atoms with E-state index >= 15 is 0 Å². The Morgan fingerprint density at radius 1 is 1.27 bits per heavy atom. The van der Waals surface area contributed by atoms with Crippen LogP contribution in [0.25, 0.3) is 11.3 Å². The summed E-state index contributed by atoms with van der Waals surface area (Å²) < 4.78 is 31.8. The van der Waals surface area contributed by atoms with Crippen molar-refractivity contribution in [3.8, 4) is 17.0 Å². The number of amides is 1. The predicted octanol–water partition coefficient (Wildman–Crippen LogP) is 1.67. The monoisotopic (exact) mass is 378 g/mol. The molecule has 1 amide bonds. The molecule has 26 heavy (non-hydrogen) atoms. The molecule has 9 heteroatoms. The van der Waals surface area contributed by atoms with Gasteiger partial charge in [0.25, 0.3) is 5.91 Å². The molecule has 1 aromatic carbocycles. The van der Waals surface area contributed by atoms with Crippen LogP contribution in [-0.4, -0.2) is 44.7 Å². The number of rotatable bonds is 6. The molecular formula is C17H22N4O4S. The first kappa shape index (κ1) is 18.4. The number of aromatic nitrogens is 2. The normalized spacial score (nSPS) is 15.2. The number of carbonyl (C=O) groups excluding carboxylic acids is 1. The van der Waals surface area contributed by atoms with Crippen molar-refractivity contribution in [3.05, 3.63) is 30.0 Å². The Morgan fingerprint density at radius 3 is 2.65 bits per heavy atom. The van der Waals surface area contributed by atoms with E-state index in [0.29, 0.717) is 17.0 Å².